The van der Waals surface area contributed by atoms with Crippen LogP contribution in [-0.4, -0.2) is 26.0 Å². The predicted molar refractivity (Wildman–Crippen MR) is 120 cm³/mol. The molecule has 0 fully saturated rings. The normalized spacial score (nSPS) is 12.8. The third kappa shape index (κ3) is 5.28. The maximum Gasteiger partial charge on any atom is 0.319 e. The van der Waals surface area contributed by atoms with Gasteiger partial charge in [0, 0.05) is 6.04 Å². The van der Waals surface area contributed by atoms with Crippen LogP contribution in [0.3, 0.4) is 0 Å². The fourth-order valence-corrected chi connectivity index (χ4v) is 3.69. The number of hydrogen-bond donors (Lipinski definition) is 2. The van der Waals surface area contributed by atoms with Gasteiger partial charge in [0.1, 0.15) is 5.75 Å². The highest BCUT2D eigenvalue weighted by Crippen LogP contribution is 2.33. The molecule has 2 N–H and O–H groups in total. The quantitative estimate of drug-likeness (QED) is 0.583. The minimum atomic E-state index is -0.273. The summed E-state index contributed by atoms with van der Waals surface area (Å²) in [6, 6.07) is 21.3. The van der Waals surface area contributed by atoms with E-state index in [9.17, 15) is 4.79 Å². The zero-order valence-corrected chi connectivity index (χ0v) is 17.7. The van der Waals surface area contributed by atoms with Gasteiger partial charge in [-0.2, -0.15) is 0 Å². The number of benzene rings is 3. The Kier molecular flexibility index (Phi) is 6.26. The summed E-state index contributed by atoms with van der Waals surface area (Å²) >= 11 is 0. The van der Waals surface area contributed by atoms with Crippen LogP contribution in [0.4, 0.5) is 10.5 Å². The van der Waals surface area contributed by atoms with E-state index in [2.05, 4.69) is 22.8 Å². The number of ether oxygens (including phenoxy) is 3. The number of hydrogen-bond acceptors (Lipinski definition) is 4. The van der Waals surface area contributed by atoms with Crippen LogP contribution in [0.5, 0.6) is 17.2 Å². The van der Waals surface area contributed by atoms with E-state index in [1.807, 2.05) is 61.5 Å². The lowest BCUT2D eigenvalue weighted by molar-refractivity contribution is 0.174. The SMILES string of the molecule is COc1ccc(C)cc1NC(=O)NC(Cc1ccccc1)Cc1ccc2c(c1)OCO2. The van der Waals surface area contributed by atoms with Crippen molar-refractivity contribution in [1.29, 1.82) is 0 Å². The zero-order chi connectivity index (χ0) is 21.6. The molecule has 0 aromatic heterocycles. The molecule has 6 heteroatoms. The van der Waals surface area contributed by atoms with Gasteiger partial charge in [-0.15, -0.1) is 0 Å². The van der Waals surface area contributed by atoms with Crippen molar-refractivity contribution in [3.05, 3.63) is 83.4 Å². The first-order valence-corrected chi connectivity index (χ1v) is 10.3. The molecule has 3 aromatic rings. The van der Waals surface area contributed by atoms with Crippen molar-refractivity contribution in [2.24, 2.45) is 0 Å². The lowest BCUT2D eigenvalue weighted by atomic mass is 9.98. The lowest BCUT2D eigenvalue weighted by Gasteiger charge is -2.20. The molecule has 31 heavy (non-hydrogen) atoms. The number of aryl methyl sites for hydroxylation is 1. The number of urea groups is 1. The van der Waals surface area contributed by atoms with Crippen LogP contribution in [0, 0.1) is 6.92 Å². The molecule has 0 aliphatic carbocycles. The fourth-order valence-electron chi connectivity index (χ4n) is 3.69. The molecule has 0 saturated heterocycles. The summed E-state index contributed by atoms with van der Waals surface area (Å²) in [5.74, 6) is 2.11. The smallest absolute Gasteiger partial charge is 0.319 e. The summed E-state index contributed by atoms with van der Waals surface area (Å²) in [7, 11) is 1.59. The van der Waals surface area contributed by atoms with E-state index in [1.165, 1.54) is 0 Å². The Morgan fingerprint density at radius 2 is 1.74 bits per heavy atom. The maximum absolute atomic E-state index is 12.8. The van der Waals surface area contributed by atoms with E-state index in [4.69, 9.17) is 14.2 Å². The Hall–Kier alpha value is -3.67. The van der Waals surface area contributed by atoms with Crippen LogP contribution in [0.15, 0.2) is 66.7 Å². The molecule has 6 nitrogen and oxygen atoms in total. The summed E-state index contributed by atoms with van der Waals surface area (Å²) in [6.45, 7) is 2.21. The highest BCUT2D eigenvalue weighted by molar-refractivity contribution is 5.91. The van der Waals surface area contributed by atoms with E-state index < -0.39 is 0 Å². The number of methoxy groups -OCH3 is 1. The van der Waals surface area contributed by atoms with E-state index in [0.717, 1.165) is 28.2 Å². The minimum Gasteiger partial charge on any atom is -0.495 e. The number of rotatable bonds is 7. The summed E-state index contributed by atoms with van der Waals surface area (Å²) in [4.78, 5) is 12.8. The first-order chi connectivity index (χ1) is 15.1. The van der Waals surface area contributed by atoms with Crippen LogP contribution in [-0.2, 0) is 12.8 Å². The zero-order valence-electron chi connectivity index (χ0n) is 17.7. The van der Waals surface area contributed by atoms with Crippen molar-refractivity contribution in [3.63, 3.8) is 0 Å². The maximum atomic E-state index is 12.8. The van der Waals surface area contributed by atoms with Crippen molar-refractivity contribution < 1.29 is 19.0 Å². The number of fused-ring (bicyclic) bond motifs is 1. The van der Waals surface area contributed by atoms with Crippen LogP contribution >= 0.6 is 0 Å². The Balaban J connectivity index is 1.50. The Morgan fingerprint density at radius 3 is 2.55 bits per heavy atom. The largest absolute Gasteiger partial charge is 0.495 e. The van der Waals surface area contributed by atoms with Gasteiger partial charge in [-0.25, -0.2) is 4.79 Å². The second-order valence-corrected chi connectivity index (χ2v) is 7.58. The van der Waals surface area contributed by atoms with Crippen molar-refractivity contribution in [2.45, 2.75) is 25.8 Å². The van der Waals surface area contributed by atoms with Crippen LogP contribution in [0.2, 0.25) is 0 Å². The Bertz CT molecular complexity index is 1050. The number of carbonyl (C=O) groups is 1. The van der Waals surface area contributed by atoms with Gasteiger partial charge in [-0.1, -0.05) is 42.5 Å². The highest BCUT2D eigenvalue weighted by Gasteiger charge is 2.18. The van der Waals surface area contributed by atoms with Crippen LogP contribution in [0.25, 0.3) is 0 Å². The Morgan fingerprint density at radius 1 is 0.968 bits per heavy atom. The predicted octanol–water partition coefficient (Wildman–Crippen LogP) is 4.71. The van der Waals surface area contributed by atoms with Gasteiger partial charge >= 0.3 is 6.03 Å². The van der Waals surface area contributed by atoms with Crippen LogP contribution in [0.1, 0.15) is 16.7 Å². The molecule has 1 aliphatic heterocycles. The standard InChI is InChI=1S/C25H26N2O4/c1-17-8-10-22(29-2)21(12-17)27-25(28)26-20(13-18-6-4-3-5-7-18)14-19-9-11-23-24(15-19)31-16-30-23/h3-12,15,20H,13-14,16H2,1-2H3,(H2,26,27,28). The monoisotopic (exact) mass is 418 g/mol. The van der Waals surface area contributed by atoms with Gasteiger partial charge in [0.05, 0.1) is 12.8 Å². The van der Waals surface area contributed by atoms with Gasteiger partial charge in [0.25, 0.3) is 0 Å². The second-order valence-electron chi connectivity index (χ2n) is 7.58. The molecule has 4 rings (SSSR count). The number of carbonyl (C=O) groups excluding carboxylic acids is 1. The summed E-state index contributed by atoms with van der Waals surface area (Å²) < 4.78 is 16.3. The Labute approximate surface area is 182 Å². The molecule has 1 unspecified atom stereocenters. The van der Waals surface area contributed by atoms with Gasteiger partial charge < -0.3 is 24.8 Å². The molecular weight excluding hydrogens is 392 g/mol. The van der Waals surface area contributed by atoms with Crippen molar-refractivity contribution in [1.82, 2.24) is 5.32 Å². The van der Waals surface area contributed by atoms with E-state index in [1.54, 1.807) is 7.11 Å². The molecule has 0 bridgehead atoms. The summed E-state index contributed by atoms with van der Waals surface area (Å²) in [5, 5.41) is 6.05. The topological polar surface area (TPSA) is 68.8 Å². The van der Waals surface area contributed by atoms with Crippen molar-refractivity contribution in [2.75, 3.05) is 19.2 Å². The van der Waals surface area contributed by atoms with Crippen LogP contribution < -0.4 is 24.8 Å². The van der Waals surface area contributed by atoms with Gasteiger partial charge in [0.2, 0.25) is 6.79 Å². The molecule has 160 valence electrons. The lowest BCUT2D eigenvalue weighted by Crippen LogP contribution is -2.40. The molecular formula is C25H26N2O4. The number of anilines is 1. The average Bonchev–Trinajstić information content (AvgIpc) is 3.22. The number of amides is 2. The fraction of sp³-hybridized carbons (Fsp3) is 0.240. The van der Waals surface area contributed by atoms with Gasteiger partial charge in [-0.05, 0) is 60.7 Å². The highest BCUT2D eigenvalue weighted by atomic mass is 16.7. The second kappa shape index (κ2) is 9.43. The number of nitrogens with one attached hydrogen (secondary N) is 2. The summed E-state index contributed by atoms with van der Waals surface area (Å²) in [6.07, 6.45) is 1.36. The van der Waals surface area contributed by atoms with Crippen molar-refractivity contribution >= 4 is 11.7 Å². The summed E-state index contributed by atoms with van der Waals surface area (Å²) in [5.41, 5.74) is 3.90. The first-order valence-electron chi connectivity index (χ1n) is 10.3. The van der Waals surface area contributed by atoms with E-state index in [0.29, 0.717) is 24.3 Å². The molecule has 0 spiro atoms. The van der Waals surface area contributed by atoms with Crippen molar-refractivity contribution in [3.8, 4) is 17.2 Å². The molecule has 0 radical (unpaired) electrons. The third-order valence-corrected chi connectivity index (χ3v) is 5.18. The van der Waals surface area contributed by atoms with Gasteiger partial charge in [-0.3, -0.25) is 0 Å². The first kappa shape index (κ1) is 20.6. The molecule has 0 saturated carbocycles. The van der Waals surface area contributed by atoms with E-state index >= 15 is 0 Å². The molecule has 2 amide bonds. The minimum absolute atomic E-state index is 0.112. The van der Waals surface area contributed by atoms with Gasteiger partial charge in [0.15, 0.2) is 11.5 Å². The molecule has 1 atom stereocenters. The molecule has 1 heterocycles. The molecule has 1 aliphatic rings. The molecule has 3 aromatic carbocycles. The average molecular weight is 418 g/mol. The third-order valence-electron chi connectivity index (χ3n) is 5.18. The van der Waals surface area contributed by atoms with E-state index in [-0.39, 0.29) is 18.9 Å².